The Morgan fingerprint density at radius 1 is 1.54 bits per heavy atom. The lowest BCUT2D eigenvalue weighted by Crippen LogP contribution is -2.42. The lowest BCUT2D eigenvalue weighted by molar-refractivity contribution is 0.111. The zero-order valence-corrected chi connectivity index (χ0v) is 9.20. The summed E-state index contributed by atoms with van der Waals surface area (Å²) in [5, 5.41) is 9.30. The molecule has 0 bridgehead atoms. The van der Waals surface area contributed by atoms with Gasteiger partial charge in [-0.05, 0) is 34.4 Å². The van der Waals surface area contributed by atoms with E-state index in [0.717, 1.165) is 13.1 Å². The van der Waals surface area contributed by atoms with Crippen molar-refractivity contribution in [2.75, 3.05) is 27.2 Å². The van der Waals surface area contributed by atoms with Crippen LogP contribution in [0.3, 0.4) is 0 Å². The maximum atomic E-state index is 9.30. The van der Waals surface area contributed by atoms with Crippen LogP contribution >= 0.6 is 0 Å². The second-order valence-corrected chi connectivity index (χ2v) is 4.40. The van der Waals surface area contributed by atoms with Gasteiger partial charge in [0.1, 0.15) is 0 Å². The minimum Gasteiger partial charge on any atom is -0.392 e. The van der Waals surface area contributed by atoms with Crippen molar-refractivity contribution in [1.29, 1.82) is 0 Å². The molecule has 0 aliphatic carbocycles. The molecule has 0 aromatic heterocycles. The van der Waals surface area contributed by atoms with Crippen LogP contribution in [-0.2, 0) is 0 Å². The number of hydrogen-bond acceptors (Lipinski definition) is 3. The van der Waals surface area contributed by atoms with Gasteiger partial charge in [-0.15, -0.1) is 0 Å². The first-order valence-electron chi connectivity index (χ1n) is 5.11. The lowest BCUT2D eigenvalue weighted by Gasteiger charge is -2.28. The molecular weight excluding hydrogens is 164 g/mol. The molecule has 1 aliphatic heterocycles. The van der Waals surface area contributed by atoms with Gasteiger partial charge in [0, 0.05) is 25.2 Å². The van der Waals surface area contributed by atoms with Crippen LogP contribution in [-0.4, -0.2) is 60.3 Å². The zero-order valence-electron chi connectivity index (χ0n) is 9.20. The molecule has 1 saturated heterocycles. The highest BCUT2D eigenvalue weighted by atomic mass is 16.3. The first-order valence-corrected chi connectivity index (χ1v) is 5.11. The first kappa shape index (κ1) is 11.0. The molecule has 1 heterocycles. The van der Waals surface area contributed by atoms with Crippen LogP contribution in [0.4, 0.5) is 0 Å². The summed E-state index contributed by atoms with van der Waals surface area (Å²) < 4.78 is 0. The first-order chi connectivity index (χ1) is 6.02. The minimum absolute atomic E-state index is 0.205. The van der Waals surface area contributed by atoms with Gasteiger partial charge in [-0.25, -0.2) is 0 Å². The fourth-order valence-corrected chi connectivity index (χ4v) is 2.27. The predicted molar refractivity (Wildman–Crippen MR) is 54.8 cm³/mol. The van der Waals surface area contributed by atoms with Crippen molar-refractivity contribution in [2.24, 2.45) is 0 Å². The van der Waals surface area contributed by atoms with Gasteiger partial charge >= 0.3 is 0 Å². The monoisotopic (exact) mass is 186 g/mol. The van der Waals surface area contributed by atoms with Crippen molar-refractivity contribution in [3.8, 4) is 0 Å². The molecule has 1 fully saturated rings. The summed E-state index contributed by atoms with van der Waals surface area (Å²) in [7, 11) is 4.26. The summed E-state index contributed by atoms with van der Waals surface area (Å²) in [4.78, 5) is 4.65. The van der Waals surface area contributed by atoms with Crippen LogP contribution in [0, 0.1) is 0 Å². The van der Waals surface area contributed by atoms with Gasteiger partial charge in [0.05, 0.1) is 6.10 Å². The van der Waals surface area contributed by atoms with E-state index in [4.69, 9.17) is 0 Å². The van der Waals surface area contributed by atoms with Gasteiger partial charge < -0.3 is 10.0 Å². The van der Waals surface area contributed by atoms with Crippen molar-refractivity contribution in [3.05, 3.63) is 0 Å². The highest BCUT2D eigenvalue weighted by Crippen LogP contribution is 2.20. The van der Waals surface area contributed by atoms with E-state index in [1.54, 1.807) is 0 Å². The van der Waals surface area contributed by atoms with Crippen LogP contribution in [0.5, 0.6) is 0 Å². The van der Waals surface area contributed by atoms with Gasteiger partial charge in [0.15, 0.2) is 0 Å². The Bertz CT molecular complexity index is 159. The molecule has 0 aromatic carbocycles. The van der Waals surface area contributed by atoms with E-state index in [0.29, 0.717) is 12.1 Å². The average Bonchev–Trinajstić information content (AvgIpc) is 2.32. The van der Waals surface area contributed by atoms with Crippen molar-refractivity contribution >= 4 is 0 Å². The second-order valence-electron chi connectivity index (χ2n) is 4.40. The van der Waals surface area contributed by atoms with E-state index >= 15 is 0 Å². The van der Waals surface area contributed by atoms with Crippen LogP contribution in [0.15, 0.2) is 0 Å². The van der Waals surface area contributed by atoms with Gasteiger partial charge in [0.25, 0.3) is 0 Å². The Morgan fingerprint density at radius 2 is 2.15 bits per heavy atom. The Morgan fingerprint density at radius 3 is 2.54 bits per heavy atom. The lowest BCUT2D eigenvalue weighted by atomic mass is 10.1. The highest BCUT2D eigenvalue weighted by molar-refractivity contribution is 4.89. The van der Waals surface area contributed by atoms with Gasteiger partial charge in [-0.3, -0.25) is 4.90 Å². The maximum Gasteiger partial charge on any atom is 0.0639 e. The number of aliphatic hydroxyl groups is 1. The van der Waals surface area contributed by atoms with E-state index in [-0.39, 0.29) is 6.10 Å². The molecule has 0 radical (unpaired) electrons. The molecule has 0 aromatic rings. The predicted octanol–water partition coefficient (Wildman–Crippen LogP) is 0.392. The van der Waals surface area contributed by atoms with Crippen molar-refractivity contribution in [3.63, 3.8) is 0 Å². The number of hydrogen-bond donors (Lipinski definition) is 1. The third kappa shape index (κ3) is 2.66. The molecule has 0 amide bonds. The summed E-state index contributed by atoms with van der Waals surface area (Å²) in [5.41, 5.74) is 0. The number of likely N-dealkylation sites (tertiary alicyclic amines) is 1. The molecular formula is C10H22N2O. The highest BCUT2D eigenvalue weighted by Gasteiger charge is 2.31. The van der Waals surface area contributed by atoms with E-state index < -0.39 is 0 Å². The SMILES string of the molecule is CC1C(N(C)C)CCN1C[C@@H](C)O. The van der Waals surface area contributed by atoms with Crippen molar-refractivity contribution in [1.82, 2.24) is 9.80 Å². The fourth-order valence-electron chi connectivity index (χ4n) is 2.27. The number of likely N-dealkylation sites (N-methyl/N-ethyl adjacent to an activating group) is 1. The van der Waals surface area contributed by atoms with Gasteiger partial charge in [0.2, 0.25) is 0 Å². The Kier molecular flexibility index (Phi) is 3.71. The number of aliphatic hydroxyl groups excluding tert-OH is 1. The van der Waals surface area contributed by atoms with E-state index in [9.17, 15) is 5.11 Å². The molecule has 3 heteroatoms. The summed E-state index contributed by atoms with van der Waals surface area (Å²) in [5.74, 6) is 0. The van der Waals surface area contributed by atoms with Crippen LogP contribution in [0.25, 0.3) is 0 Å². The number of rotatable bonds is 3. The molecule has 1 rings (SSSR count). The molecule has 3 nitrogen and oxygen atoms in total. The quantitative estimate of drug-likeness (QED) is 0.691. The largest absolute Gasteiger partial charge is 0.392 e. The Balaban J connectivity index is 2.45. The summed E-state index contributed by atoms with van der Waals surface area (Å²) in [6.07, 6.45) is 1.02. The van der Waals surface area contributed by atoms with Gasteiger partial charge in [-0.2, -0.15) is 0 Å². The van der Waals surface area contributed by atoms with Gasteiger partial charge in [-0.1, -0.05) is 0 Å². The summed E-state index contributed by atoms with van der Waals surface area (Å²) >= 11 is 0. The molecule has 13 heavy (non-hydrogen) atoms. The maximum absolute atomic E-state index is 9.30. The second kappa shape index (κ2) is 4.40. The Labute approximate surface area is 81.3 Å². The van der Waals surface area contributed by atoms with Crippen LogP contribution < -0.4 is 0 Å². The average molecular weight is 186 g/mol. The number of β-amino-alcohol motifs (C(OH)–C–C–N with tert-alkyl or cyclic N) is 1. The minimum atomic E-state index is -0.205. The summed E-state index contributed by atoms with van der Waals surface area (Å²) in [6.45, 7) is 6.04. The molecule has 1 N–H and O–H groups in total. The molecule has 3 atom stereocenters. The third-order valence-electron chi connectivity index (χ3n) is 3.01. The van der Waals surface area contributed by atoms with Crippen LogP contribution in [0.1, 0.15) is 20.3 Å². The number of nitrogens with zero attached hydrogens (tertiary/aromatic N) is 2. The van der Waals surface area contributed by atoms with E-state index in [2.05, 4.69) is 30.8 Å². The van der Waals surface area contributed by atoms with Crippen LogP contribution in [0.2, 0.25) is 0 Å². The molecule has 2 unspecified atom stereocenters. The topological polar surface area (TPSA) is 26.7 Å². The molecule has 0 saturated carbocycles. The fraction of sp³-hybridized carbons (Fsp3) is 1.00. The zero-order chi connectivity index (χ0) is 10.0. The van der Waals surface area contributed by atoms with Crippen molar-refractivity contribution in [2.45, 2.75) is 38.5 Å². The third-order valence-corrected chi connectivity index (χ3v) is 3.01. The summed E-state index contributed by atoms with van der Waals surface area (Å²) in [6, 6.07) is 1.23. The molecule has 1 aliphatic rings. The van der Waals surface area contributed by atoms with Crippen molar-refractivity contribution < 1.29 is 5.11 Å². The molecule has 0 spiro atoms. The molecule has 78 valence electrons. The van der Waals surface area contributed by atoms with E-state index in [1.165, 1.54) is 6.42 Å². The smallest absolute Gasteiger partial charge is 0.0639 e. The standard InChI is InChI=1S/C10H22N2O/c1-8(13)7-12-6-5-10(9(12)2)11(3)4/h8-10,13H,5-7H2,1-4H3/t8-,9?,10?/m1/s1. The normalized spacial score (nSPS) is 32.8. The Hall–Kier alpha value is -0.120. The van der Waals surface area contributed by atoms with E-state index in [1.807, 2.05) is 6.92 Å².